The fourth-order valence-electron chi connectivity index (χ4n) is 4.04. The molecule has 3 aromatic carbocycles. The zero-order valence-electron chi connectivity index (χ0n) is 18.3. The molecule has 1 aromatic heterocycles. The Balaban J connectivity index is 1.96. The number of hydrogen-bond acceptors (Lipinski definition) is 3. The molecule has 168 valence electrons. The molecule has 0 aliphatic rings. The Morgan fingerprint density at radius 1 is 1.06 bits per heavy atom. The van der Waals surface area contributed by atoms with E-state index in [4.69, 9.17) is 16.6 Å². The molecule has 0 radical (unpaired) electrons. The first-order valence-electron chi connectivity index (χ1n) is 10.8. The molecular weight excluding hydrogens is 441 g/mol. The lowest BCUT2D eigenvalue weighted by molar-refractivity contribution is 0.0672. The zero-order chi connectivity index (χ0) is 23.5. The van der Waals surface area contributed by atoms with Crippen LogP contribution in [0.2, 0.25) is 5.02 Å². The highest BCUT2D eigenvalue weighted by Gasteiger charge is 2.28. The standard InChI is InChI=1S/C26H23ClFN3O2/c1-3-23(30(4-2)25(32)17-10-6-5-7-11-17)24-29-22-13-9-8-12-19(22)26(33)31(24)18-14-15-21(28)20(27)16-18/h5-16,23H,3-4H2,1-2H3. The molecule has 0 saturated carbocycles. The van der Waals surface area contributed by atoms with Crippen LogP contribution in [0.25, 0.3) is 16.6 Å². The number of benzene rings is 3. The Kier molecular flexibility index (Phi) is 6.56. The van der Waals surface area contributed by atoms with Crippen molar-refractivity contribution in [3.63, 3.8) is 0 Å². The van der Waals surface area contributed by atoms with E-state index in [9.17, 15) is 14.0 Å². The Morgan fingerprint density at radius 3 is 2.42 bits per heavy atom. The molecule has 33 heavy (non-hydrogen) atoms. The van der Waals surface area contributed by atoms with Gasteiger partial charge in [0.05, 0.1) is 27.7 Å². The molecule has 4 aromatic rings. The van der Waals surface area contributed by atoms with Crippen LogP contribution in [-0.4, -0.2) is 26.9 Å². The van der Waals surface area contributed by atoms with Gasteiger partial charge in [0.2, 0.25) is 0 Å². The van der Waals surface area contributed by atoms with Crippen molar-refractivity contribution in [2.24, 2.45) is 0 Å². The van der Waals surface area contributed by atoms with Gasteiger partial charge in [0, 0.05) is 12.1 Å². The summed E-state index contributed by atoms with van der Waals surface area (Å²) in [6, 6.07) is 19.7. The minimum Gasteiger partial charge on any atom is -0.329 e. The summed E-state index contributed by atoms with van der Waals surface area (Å²) in [5, 5.41) is 0.327. The first-order valence-corrected chi connectivity index (χ1v) is 11.2. The van der Waals surface area contributed by atoms with Crippen molar-refractivity contribution in [3.05, 3.63) is 105 Å². The third-order valence-corrected chi connectivity index (χ3v) is 5.94. The van der Waals surface area contributed by atoms with E-state index >= 15 is 0 Å². The predicted octanol–water partition coefficient (Wildman–Crippen LogP) is 5.79. The maximum atomic E-state index is 13.9. The highest BCUT2D eigenvalue weighted by Crippen LogP contribution is 2.28. The van der Waals surface area contributed by atoms with Gasteiger partial charge in [0.15, 0.2) is 0 Å². The monoisotopic (exact) mass is 463 g/mol. The van der Waals surface area contributed by atoms with Crippen LogP contribution < -0.4 is 5.56 Å². The third-order valence-electron chi connectivity index (χ3n) is 5.65. The van der Waals surface area contributed by atoms with Crippen molar-refractivity contribution in [2.45, 2.75) is 26.3 Å². The number of carbonyl (C=O) groups excluding carboxylic acids is 1. The second-order valence-corrected chi connectivity index (χ2v) is 8.01. The Hall–Kier alpha value is -3.51. The smallest absolute Gasteiger partial charge is 0.266 e. The van der Waals surface area contributed by atoms with Gasteiger partial charge in [-0.05, 0) is 55.8 Å². The fourth-order valence-corrected chi connectivity index (χ4v) is 4.22. The molecule has 0 aliphatic heterocycles. The van der Waals surface area contributed by atoms with Crippen molar-refractivity contribution >= 4 is 28.4 Å². The minimum atomic E-state index is -0.578. The third kappa shape index (κ3) is 4.26. The number of aromatic nitrogens is 2. The molecule has 1 unspecified atom stereocenters. The van der Waals surface area contributed by atoms with Crippen molar-refractivity contribution < 1.29 is 9.18 Å². The van der Waals surface area contributed by atoms with Gasteiger partial charge in [-0.1, -0.05) is 48.9 Å². The van der Waals surface area contributed by atoms with Crippen LogP contribution in [0.1, 0.15) is 42.5 Å². The number of halogens is 2. The van der Waals surface area contributed by atoms with Gasteiger partial charge in [-0.15, -0.1) is 0 Å². The van der Waals surface area contributed by atoms with E-state index in [-0.39, 0.29) is 16.5 Å². The lowest BCUT2D eigenvalue weighted by atomic mass is 10.1. The zero-order valence-corrected chi connectivity index (χ0v) is 19.1. The average molecular weight is 464 g/mol. The molecule has 0 N–H and O–H groups in total. The molecule has 0 spiro atoms. The van der Waals surface area contributed by atoms with E-state index in [1.807, 2.05) is 38.1 Å². The number of carbonyl (C=O) groups is 1. The largest absolute Gasteiger partial charge is 0.329 e. The first kappa shape index (κ1) is 22.7. The minimum absolute atomic E-state index is 0.0979. The molecule has 1 amide bonds. The molecule has 0 aliphatic carbocycles. The molecule has 0 fully saturated rings. The van der Waals surface area contributed by atoms with Gasteiger partial charge in [-0.3, -0.25) is 14.2 Å². The SMILES string of the molecule is CCC(c1nc2ccccc2c(=O)n1-c1ccc(F)c(Cl)c1)N(CC)C(=O)c1ccccc1. The maximum absolute atomic E-state index is 13.9. The van der Waals surface area contributed by atoms with Crippen LogP contribution in [0.5, 0.6) is 0 Å². The van der Waals surface area contributed by atoms with Crippen LogP contribution in [0.4, 0.5) is 4.39 Å². The summed E-state index contributed by atoms with van der Waals surface area (Å²) >= 11 is 6.05. The van der Waals surface area contributed by atoms with Crippen molar-refractivity contribution in [1.29, 1.82) is 0 Å². The summed E-state index contributed by atoms with van der Waals surface area (Å²) in [6.07, 6.45) is 0.520. The molecular formula is C26H23ClFN3O2. The molecule has 7 heteroatoms. The Bertz CT molecular complexity index is 1370. The summed E-state index contributed by atoms with van der Waals surface area (Å²) < 4.78 is 15.3. The van der Waals surface area contributed by atoms with Gasteiger partial charge in [-0.2, -0.15) is 0 Å². The number of hydrogen-bond donors (Lipinski definition) is 0. The molecule has 4 rings (SSSR count). The Morgan fingerprint density at radius 2 is 1.76 bits per heavy atom. The van der Waals surface area contributed by atoms with E-state index in [0.29, 0.717) is 40.9 Å². The highest BCUT2D eigenvalue weighted by atomic mass is 35.5. The molecule has 0 saturated heterocycles. The molecule has 1 heterocycles. The van der Waals surface area contributed by atoms with Gasteiger partial charge in [0.1, 0.15) is 11.6 Å². The van der Waals surface area contributed by atoms with Crippen LogP contribution in [0.3, 0.4) is 0 Å². The molecule has 0 bridgehead atoms. The van der Waals surface area contributed by atoms with E-state index in [2.05, 4.69) is 0 Å². The van der Waals surface area contributed by atoms with Crippen LogP contribution in [0, 0.1) is 5.82 Å². The van der Waals surface area contributed by atoms with Crippen molar-refractivity contribution in [3.8, 4) is 5.69 Å². The topological polar surface area (TPSA) is 55.2 Å². The average Bonchev–Trinajstić information content (AvgIpc) is 2.84. The van der Waals surface area contributed by atoms with Crippen molar-refractivity contribution in [1.82, 2.24) is 14.5 Å². The van der Waals surface area contributed by atoms with Crippen LogP contribution in [-0.2, 0) is 0 Å². The van der Waals surface area contributed by atoms with Gasteiger partial charge >= 0.3 is 0 Å². The van der Waals surface area contributed by atoms with Gasteiger partial charge in [0.25, 0.3) is 11.5 Å². The number of nitrogens with zero attached hydrogens (tertiary/aromatic N) is 3. The van der Waals surface area contributed by atoms with E-state index < -0.39 is 11.9 Å². The maximum Gasteiger partial charge on any atom is 0.266 e. The molecule has 1 atom stereocenters. The Labute approximate surface area is 196 Å². The normalized spacial score (nSPS) is 12.0. The van der Waals surface area contributed by atoms with Gasteiger partial charge < -0.3 is 4.90 Å². The van der Waals surface area contributed by atoms with E-state index in [1.54, 1.807) is 35.2 Å². The summed E-state index contributed by atoms with van der Waals surface area (Å²) in [5.41, 5.74) is 1.17. The lowest BCUT2D eigenvalue weighted by Gasteiger charge is -2.31. The molecule has 5 nitrogen and oxygen atoms in total. The number of fused-ring (bicyclic) bond motifs is 1. The summed E-state index contributed by atoms with van der Waals surface area (Å²) in [4.78, 5) is 33.5. The quantitative estimate of drug-likeness (QED) is 0.363. The van der Waals surface area contributed by atoms with E-state index in [0.717, 1.165) is 0 Å². The number of para-hydroxylation sites is 1. The summed E-state index contributed by atoms with van der Waals surface area (Å²) in [7, 11) is 0. The van der Waals surface area contributed by atoms with E-state index in [1.165, 1.54) is 22.8 Å². The summed E-state index contributed by atoms with van der Waals surface area (Å²) in [6.45, 7) is 4.25. The second kappa shape index (κ2) is 9.55. The highest BCUT2D eigenvalue weighted by molar-refractivity contribution is 6.30. The summed E-state index contributed by atoms with van der Waals surface area (Å²) in [5.74, 6) is -0.337. The number of amides is 1. The fraction of sp³-hybridized carbons (Fsp3) is 0.192. The van der Waals surface area contributed by atoms with Crippen LogP contribution >= 0.6 is 11.6 Å². The van der Waals surface area contributed by atoms with Gasteiger partial charge in [-0.25, -0.2) is 9.37 Å². The van der Waals surface area contributed by atoms with Crippen LogP contribution in [0.15, 0.2) is 77.6 Å². The van der Waals surface area contributed by atoms with Crippen molar-refractivity contribution in [2.75, 3.05) is 6.54 Å². The number of rotatable bonds is 6. The lowest BCUT2D eigenvalue weighted by Crippen LogP contribution is -2.38. The predicted molar refractivity (Wildman–Crippen MR) is 128 cm³/mol. The second-order valence-electron chi connectivity index (χ2n) is 7.61. The first-order chi connectivity index (χ1) is 16.0.